The molecule has 3 aromatic rings. The Balaban J connectivity index is 1.18. The number of rotatable bonds is 11. The van der Waals surface area contributed by atoms with Crippen molar-refractivity contribution in [3.63, 3.8) is 0 Å². The maximum absolute atomic E-state index is 11.1. The van der Waals surface area contributed by atoms with E-state index in [0.29, 0.717) is 19.4 Å². The summed E-state index contributed by atoms with van der Waals surface area (Å²) in [6.07, 6.45) is 6.70. The molecule has 1 aliphatic rings. The second kappa shape index (κ2) is 11.0. The van der Waals surface area contributed by atoms with Gasteiger partial charge in [-0.05, 0) is 49.6 Å². The Hall–Kier alpha value is -3.26. The molecule has 0 aliphatic carbocycles. The molecular formula is C25H33N5O3. The van der Waals surface area contributed by atoms with Crippen LogP contribution in [0.1, 0.15) is 24.8 Å². The topological polar surface area (TPSA) is 85.3 Å². The number of nitrogens with two attached hydrogens (primary N) is 1. The number of hydrogen-bond donors (Lipinski definition) is 1. The molecule has 8 heteroatoms. The monoisotopic (exact) mass is 451 g/mol. The number of benzene rings is 1. The number of primary amides is 1. The van der Waals surface area contributed by atoms with Gasteiger partial charge in [-0.15, -0.1) is 0 Å². The molecule has 1 aromatic carbocycles. The van der Waals surface area contributed by atoms with E-state index in [2.05, 4.69) is 27.0 Å². The minimum absolute atomic E-state index is 0.303. The Morgan fingerprint density at radius 1 is 1.12 bits per heavy atom. The van der Waals surface area contributed by atoms with Gasteiger partial charge in [-0.25, -0.2) is 4.52 Å². The molecule has 1 fully saturated rings. The number of fused-ring (bicyclic) bond motifs is 1. The predicted octanol–water partition coefficient (Wildman–Crippen LogP) is 2.74. The van der Waals surface area contributed by atoms with Crippen LogP contribution in [0.3, 0.4) is 0 Å². The Bertz CT molecular complexity index is 1060. The Morgan fingerprint density at radius 2 is 1.94 bits per heavy atom. The lowest BCUT2D eigenvalue weighted by atomic mass is 10.1. The minimum Gasteiger partial charge on any atom is -0.495 e. The van der Waals surface area contributed by atoms with Crippen molar-refractivity contribution in [1.82, 2.24) is 14.5 Å². The second-order valence-corrected chi connectivity index (χ2v) is 8.38. The number of nitrogens with zero attached hydrogens (tertiary/aromatic N) is 4. The van der Waals surface area contributed by atoms with Crippen LogP contribution in [0.25, 0.3) is 5.52 Å². The van der Waals surface area contributed by atoms with Gasteiger partial charge in [-0.2, -0.15) is 5.10 Å². The molecule has 8 nitrogen and oxygen atoms in total. The van der Waals surface area contributed by atoms with E-state index in [9.17, 15) is 4.79 Å². The highest BCUT2D eigenvalue weighted by molar-refractivity contribution is 5.74. The van der Waals surface area contributed by atoms with E-state index in [1.807, 2.05) is 30.5 Å². The third-order valence-electron chi connectivity index (χ3n) is 6.15. The summed E-state index contributed by atoms with van der Waals surface area (Å²) in [4.78, 5) is 16.0. The zero-order valence-electron chi connectivity index (χ0n) is 19.3. The normalized spacial score (nSPS) is 14.5. The number of amides is 1. The van der Waals surface area contributed by atoms with Crippen molar-refractivity contribution in [2.45, 2.75) is 25.7 Å². The van der Waals surface area contributed by atoms with Crippen molar-refractivity contribution in [3.05, 3.63) is 54.4 Å². The molecule has 0 atom stereocenters. The average molecular weight is 452 g/mol. The lowest BCUT2D eigenvalue weighted by molar-refractivity contribution is -0.117. The molecule has 176 valence electrons. The Labute approximate surface area is 194 Å². The molecule has 4 rings (SSSR count). The maximum atomic E-state index is 11.1. The summed E-state index contributed by atoms with van der Waals surface area (Å²) in [6, 6.07) is 12.1. The van der Waals surface area contributed by atoms with Gasteiger partial charge in [-0.1, -0.05) is 12.1 Å². The van der Waals surface area contributed by atoms with Gasteiger partial charge in [0.2, 0.25) is 5.91 Å². The summed E-state index contributed by atoms with van der Waals surface area (Å²) in [5.74, 6) is 1.47. The summed E-state index contributed by atoms with van der Waals surface area (Å²) in [7, 11) is 1.73. The fourth-order valence-electron chi connectivity index (χ4n) is 4.28. The number of unbranched alkanes of at least 4 members (excludes halogenated alkanes) is 1. The number of carbonyl (C=O) groups is 1. The van der Waals surface area contributed by atoms with Crippen molar-refractivity contribution in [1.29, 1.82) is 0 Å². The second-order valence-electron chi connectivity index (χ2n) is 8.38. The van der Waals surface area contributed by atoms with Gasteiger partial charge < -0.3 is 20.1 Å². The van der Waals surface area contributed by atoms with Crippen molar-refractivity contribution in [3.8, 4) is 11.5 Å². The summed E-state index contributed by atoms with van der Waals surface area (Å²) < 4.78 is 13.3. The summed E-state index contributed by atoms with van der Waals surface area (Å²) >= 11 is 0. The molecular weight excluding hydrogens is 418 g/mol. The number of aromatic nitrogens is 2. The molecule has 0 unspecified atom stereocenters. The number of pyridine rings is 1. The van der Waals surface area contributed by atoms with Crippen molar-refractivity contribution < 1.29 is 14.3 Å². The lowest BCUT2D eigenvalue weighted by Crippen LogP contribution is -2.46. The summed E-state index contributed by atoms with van der Waals surface area (Å²) in [5.41, 5.74) is 8.42. The number of para-hydroxylation sites is 2. The standard InChI is InChI=1S/C25H33N5O3/c1-32-24-7-3-2-6-22(24)29-15-13-28(14-16-29)11-4-5-17-33-21-10-12-30-23(18-21)20(19-27-30)8-9-25(26)31/h2-3,6-7,10,12,18-19H,4-5,8-9,11,13-17H2,1H3,(H2,26,31). The molecule has 33 heavy (non-hydrogen) atoms. The van der Waals surface area contributed by atoms with Gasteiger partial charge in [0.25, 0.3) is 0 Å². The van der Waals surface area contributed by atoms with E-state index in [-0.39, 0.29) is 5.91 Å². The van der Waals surface area contributed by atoms with E-state index < -0.39 is 0 Å². The smallest absolute Gasteiger partial charge is 0.217 e. The number of ether oxygens (including phenoxy) is 2. The van der Waals surface area contributed by atoms with Gasteiger partial charge in [0.05, 0.1) is 31.1 Å². The molecule has 2 aromatic heterocycles. The average Bonchev–Trinajstić information content (AvgIpc) is 3.25. The first kappa shape index (κ1) is 22.9. The SMILES string of the molecule is COc1ccccc1N1CCN(CCCCOc2ccn3ncc(CCC(N)=O)c3c2)CC1. The van der Waals surface area contributed by atoms with E-state index in [1.54, 1.807) is 17.8 Å². The van der Waals surface area contributed by atoms with Crippen LogP contribution in [0.5, 0.6) is 11.5 Å². The Kier molecular flexibility index (Phi) is 7.67. The molecule has 1 saturated heterocycles. The lowest BCUT2D eigenvalue weighted by Gasteiger charge is -2.36. The third kappa shape index (κ3) is 5.96. The van der Waals surface area contributed by atoms with Gasteiger partial charge in [0.1, 0.15) is 11.5 Å². The van der Waals surface area contributed by atoms with E-state index in [0.717, 1.165) is 68.1 Å². The van der Waals surface area contributed by atoms with Crippen LogP contribution < -0.4 is 20.1 Å². The molecule has 0 saturated carbocycles. The molecule has 0 spiro atoms. The number of aryl methyl sites for hydroxylation is 1. The summed E-state index contributed by atoms with van der Waals surface area (Å²) in [6.45, 7) is 5.92. The maximum Gasteiger partial charge on any atom is 0.217 e. The van der Waals surface area contributed by atoms with E-state index >= 15 is 0 Å². The number of carbonyl (C=O) groups excluding carboxylic acids is 1. The molecule has 3 heterocycles. The molecule has 0 bridgehead atoms. The van der Waals surface area contributed by atoms with Crippen molar-refractivity contribution in [2.24, 2.45) is 5.73 Å². The van der Waals surface area contributed by atoms with E-state index in [4.69, 9.17) is 15.2 Å². The molecule has 2 N–H and O–H groups in total. The fraction of sp³-hybridized carbons (Fsp3) is 0.440. The third-order valence-corrected chi connectivity index (χ3v) is 6.15. The quantitative estimate of drug-likeness (QED) is 0.451. The fourth-order valence-corrected chi connectivity index (χ4v) is 4.28. The molecule has 1 amide bonds. The largest absolute Gasteiger partial charge is 0.495 e. The van der Waals surface area contributed by atoms with Crippen molar-refractivity contribution in [2.75, 3.05) is 51.3 Å². The van der Waals surface area contributed by atoms with Crippen LogP contribution in [-0.2, 0) is 11.2 Å². The zero-order valence-corrected chi connectivity index (χ0v) is 19.3. The van der Waals surface area contributed by atoms with Crippen LogP contribution in [0.15, 0.2) is 48.8 Å². The van der Waals surface area contributed by atoms with Crippen LogP contribution in [0, 0.1) is 0 Å². The highest BCUT2D eigenvalue weighted by atomic mass is 16.5. The first-order chi connectivity index (χ1) is 16.1. The van der Waals surface area contributed by atoms with Crippen LogP contribution in [0.4, 0.5) is 5.69 Å². The first-order valence-electron chi connectivity index (χ1n) is 11.6. The number of methoxy groups -OCH3 is 1. The van der Waals surface area contributed by atoms with Crippen LogP contribution >= 0.6 is 0 Å². The van der Waals surface area contributed by atoms with Crippen LogP contribution in [-0.4, -0.2) is 66.9 Å². The van der Waals surface area contributed by atoms with Gasteiger partial charge in [0.15, 0.2) is 0 Å². The number of anilines is 1. The number of hydrogen-bond acceptors (Lipinski definition) is 6. The summed E-state index contributed by atoms with van der Waals surface area (Å²) in [5, 5.41) is 4.33. The Morgan fingerprint density at radius 3 is 2.73 bits per heavy atom. The van der Waals surface area contributed by atoms with Gasteiger partial charge in [-0.3, -0.25) is 9.69 Å². The predicted molar refractivity (Wildman–Crippen MR) is 129 cm³/mol. The van der Waals surface area contributed by atoms with Crippen LogP contribution in [0.2, 0.25) is 0 Å². The van der Waals surface area contributed by atoms with Crippen molar-refractivity contribution >= 4 is 17.1 Å². The van der Waals surface area contributed by atoms with Gasteiger partial charge >= 0.3 is 0 Å². The first-order valence-corrected chi connectivity index (χ1v) is 11.6. The highest BCUT2D eigenvalue weighted by Gasteiger charge is 2.19. The molecule has 1 aliphatic heterocycles. The minimum atomic E-state index is -0.303. The highest BCUT2D eigenvalue weighted by Crippen LogP contribution is 2.28. The van der Waals surface area contributed by atoms with Gasteiger partial charge in [0, 0.05) is 44.9 Å². The molecule has 0 radical (unpaired) electrons. The number of piperazine rings is 1. The zero-order chi connectivity index (χ0) is 23.0. The van der Waals surface area contributed by atoms with E-state index in [1.165, 1.54) is 5.69 Å².